The third-order valence-corrected chi connectivity index (χ3v) is 4.58. The van der Waals surface area contributed by atoms with Crippen LogP contribution in [0.5, 0.6) is 0 Å². The average Bonchev–Trinajstić information content (AvgIpc) is 2.56. The zero-order valence-corrected chi connectivity index (χ0v) is 10.8. The molecule has 2 aliphatic carbocycles. The molecule has 2 unspecified atom stereocenters. The monoisotopic (exact) mass is 224 g/mol. The van der Waals surface area contributed by atoms with Crippen LogP contribution in [0.2, 0.25) is 0 Å². The van der Waals surface area contributed by atoms with Crippen LogP contribution in [-0.2, 0) is 0 Å². The fraction of sp³-hybridized carbons (Fsp3) is 1.00. The van der Waals surface area contributed by atoms with Crippen LogP contribution in [0, 0.1) is 5.92 Å². The van der Waals surface area contributed by atoms with Crippen molar-refractivity contribution in [3.8, 4) is 0 Å². The Morgan fingerprint density at radius 3 is 2.25 bits per heavy atom. The fourth-order valence-corrected chi connectivity index (χ4v) is 3.53. The van der Waals surface area contributed by atoms with Crippen LogP contribution in [0.1, 0.15) is 57.8 Å². The van der Waals surface area contributed by atoms with E-state index in [1.807, 2.05) is 0 Å². The van der Waals surface area contributed by atoms with Crippen molar-refractivity contribution in [2.45, 2.75) is 69.9 Å². The standard InChI is InChI=1S/C14H28N2/c1-16(11-12-8-9-13(15)10-12)14-6-4-2-3-5-7-14/h12-14H,2-11,15H2,1H3. The third kappa shape index (κ3) is 3.46. The van der Waals surface area contributed by atoms with Gasteiger partial charge < -0.3 is 10.6 Å². The van der Waals surface area contributed by atoms with E-state index < -0.39 is 0 Å². The summed E-state index contributed by atoms with van der Waals surface area (Å²) in [6.07, 6.45) is 12.5. The predicted molar refractivity (Wildman–Crippen MR) is 69.4 cm³/mol. The van der Waals surface area contributed by atoms with E-state index in [1.54, 1.807) is 0 Å². The number of rotatable bonds is 3. The molecule has 94 valence electrons. The minimum Gasteiger partial charge on any atom is -0.328 e. The number of hydrogen-bond donors (Lipinski definition) is 1. The topological polar surface area (TPSA) is 29.3 Å². The Morgan fingerprint density at radius 1 is 1.00 bits per heavy atom. The molecule has 0 bridgehead atoms. The molecule has 16 heavy (non-hydrogen) atoms. The van der Waals surface area contributed by atoms with E-state index in [0.29, 0.717) is 6.04 Å². The Labute approximate surface area is 101 Å². The maximum Gasteiger partial charge on any atom is 0.00923 e. The van der Waals surface area contributed by atoms with Crippen molar-refractivity contribution in [1.29, 1.82) is 0 Å². The van der Waals surface area contributed by atoms with Gasteiger partial charge in [0, 0.05) is 18.6 Å². The summed E-state index contributed by atoms with van der Waals surface area (Å²) in [6, 6.07) is 1.35. The first-order chi connectivity index (χ1) is 7.75. The van der Waals surface area contributed by atoms with Crippen LogP contribution >= 0.6 is 0 Å². The van der Waals surface area contributed by atoms with E-state index in [0.717, 1.165) is 12.0 Å². The maximum atomic E-state index is 5.99. The Bertz CT molecular complexity index is 197. The SMILES string of the molecule is CN(CC1CCC(N)C1)C1CCCCCC1. The van der Waals surface area contributed by atoms with Crippen molar-refractivity contribution in [3.05, 3.63) is 0 Å². The highest BCUT2D eigenvalue weighted by molar-refractivity contribution is 4.81. The van der Waals surface area contributed by atoms with Gasteiger partial charge in [0.15, 0.2) is 0 Å². The van der Waals surface area contributed by atoms with Gasteiger partial charge >= 0.3 is 0 Å². The third-order valence-electron chi connectivity index (χ3n) is 4.58. The number of nitrogens with two attached hydrogens (primary N) is 1. The molecule has 2 saturated carbocycles. The Kier molecular flexibility index (Phi) is 4.66. The predicted octanol–water partition coefficient (Wildman–Crippen LogP) is 2.77. The first kappa shape index (κ1) is 12.4. The lowest BCUT2D eigenvalue weighted by Crippen LogP contribution is -2.35. The van der Waals surface area contributed by atoms with Gasteiger partial charge in [0.2, 0.25) is 0 Å². The van der Waals surface area contributed by atoms with Crippen LogP contribution in [0.4, 0.5) is 0 Å². The van der Waals surface area contributed by atoms with Crippen molar-refractivity contribution in [2.24, 2.45) is 11.7 Å². The second-order valence-corrected chi connectivity index (χ2v) is 6.02. The van der Waals surface area contributed by atoms with Crippen molar-refractivity contribution < 1.29 is 0 Å². The molecular weight excluding hydrogens is 196 g/mol. The summed E-state index contributed by atoms with van der Waals surface area (Å²) in [5.74, 6) is 0.878. The molecule has 2 N–H and O–H groups in total. The summed E-state index contributed by atoms with van der Waals surface area (Å²) in [5.41, 5.74) is 5.99. The highest BCUT2D eigenvalue weighted by Gasteiger charge is 2.25. The molecule has 0 amide bonds. The molecule has 0 aromatic carbocycles. The second kappa shape index (κ2) is 6.02. The molecule has 0 radical (unpaired) electrons. The molecule has 2 aliphatic rings. The summed E-state index contributed by atoms with van der Waals surface area (Å²) in [6.45, 7) is 1.29. The highest BCUT2D eigenvalue weighted by Crippen LogP contribution is 2.27. The molecule has 2 fully saturated rings. The van der Waals surface area contributed by atoms with Gasteiger partial charge in [-0.15, -0.1) is 0 Å². The molecule has 2 atom stereocenters. The molecule has 2 rings (SSSR count). The second-order valence-electron chi connectivity index (χ2n) is 6.02. The summed E-state index contributed by atoms with van der Waals surface area (Å²) >= 11 is 0. The highest BCUT2D eigenvalue weighted by atomic mass is 15.1. The van der Waals surface area contributed by atoms with Crippen molar-refractivity contribution in [1.82, 2.24) is 4.90 Å². The molecular formula is C14H28N2. The van der Waals surface area contributed by atoms with Gasteiger partial charge in [-0.05, 0) is 45.1 Å². The summed E-state index contributed by atoms with van der Waals surface area (Å²) in [7, 11) is 2.33. The Morgan fingerprint density at radius 2 is 1.69 bits per heavy atom. The number of hydrogen-bond acceptors (Lipinski definition) is 2. The first-order valence-electron chi connectivity index (χ1n) is 7.21. The van der Waals surface area contributed by atoms with E-state index in [2.05, 4.69) is 11.9 Å². The normalized spacial score (nSPS) is 33.2. The zero-order valence-electron chi connectivity index (χ0n) is 10.8. The summed E-state index contributed by atoms with van der Waals surface area (Å²) in [4.78, 5) is 2.63. The van der Waals surface area contributed by atoms with Crippen LogP contribution in [0.3, 0.4) is 0 Å². The minimum atomic E-state index is 0.493. The van der Waals surface area contributed by atoms with Crippen LogP contribution < -0.4 is 5.73 Å². The van der Waals surface area contributed by atoms with Crippen molar-refractivity contribution >= 4 is 0 Å². The smallest absolute Gasteiger partial charge is 0.00923 e. The van der Waals surface area contributed by atoms with Gasteiger partial charge in [-0.3, -0.25) is 0 Å². The van der Waals surface area contributed by atoms with Gasteiger partial charge in [-0.2, -0.15) is 0 Å². The Hall–Kier alpha value is -0.0800. The minimum absolute atomic E-state index is 0.493. The largest absolute Gasteiger partial charge is 0.328 e. The van der Waals surface area contributed by atoms with Crippen LogP contribution in [-0.4, -0.2) is 30.6 Å². The lowest BCUT2D eigenvalue weighted by molar-refractivity contribution is 0.189. The number of nitrogens with zero attached hydrogens (tertiary/aromatic N) is 1. The molecule has 0 spiro atoms. The van der Waals surface area contributed by atoms with E-state index in [4.69, 9.17) is 5.73 Å². The average molecular weight is 224 g/mol. The van der Waals surface area contributed by atoms with Crippen LogP contribution in [0.15, 0.2) is 0 Å². The molecule has 0 saturated heterocycles. The fourth-order valence-electron chi connectivity index (χ4n) is 3.53. The van der Waals surface area contributed by atoms with E-state index in [9.17, 15) is 0 Å². The molecule has 0 aromatic rings. The Balaban J connectivity index is 1.75. The molecule has 0 heterocycles. The van der Waals surface area contributed by atoms with E-state index >= 15 is 0 Å². The van der Waals surface area contributed by atoms with E-state index in [-0.39, 0.29) is 0 Å². The van der Waals surface area contributed by atoms with Gasteiger partial charge in [0.05, 0.1) is 0 Å². The van der Waals surface area contributed by atoms with E-state index in [1.165, 1.54) is 64.3 Å². The van der Waals surface area contributed by atoms with Crippen molar-refractivity contribution in [3.63, 3.8) is 0 Å². The summed E-state index contributed by atoms with van der Waals surface area (Å²) < 4.78 is 0. The first-order valence-corrected chi connectivity index (χ1v) is 7.21. The maximum absolute atomic E-state index is 5.99. The zero-order chi connectivity index (χ0) is 11.4. The van der Waals surface area contributed by atoms with Gasteiger partial charge in [0.1, 0.15) is 0 Å². The lowest BCUT2D eigenvalue weighted by Gasteiger charge is -2.29. The van der Waals surface area contributed by atoms with Gasteiger partial charge in [0.25, 0.3) is 0 Å². The van der Waals surface area contributed by atoms with Crippen molar-refractivity contribution in [2.75, 3.05) is 13.6 Å². The quantitative estimate of drug-likeness (QED) is 0.747. The molecule has 0 aromatic heterocycles. The van der Waals surface area contributed by atoms with Crippen LogP contribution in [0.25, 0.3) is 0 Å². The van der Waals surface area contributed by atoms with Gasteiger partial charge in [-0.25, -0.2) is 0 Å². The lowest BCUT2D eigenvalue weighted by atomic mass is 10.0. The van der Waals surface area contributed by atoms with Gasteiger partial charge in [-0.1, -0.05) is 25.7 Å². The molecule has 2 heteroatoms. The molecule has 2 nitrogen and oxygen atoms in total. The summed E-state index contributed by atoms with van der Waals surface area (Å²) in [5, 5.41) is 0. The molecule has 0 aliphatic heterocycles.